The smallest absolute Gasteiger partial charge is 0.462 e. The van der Waals surface area contributed by atoms with Crippen LogP contribution in [0.25, 0.3) is 0 Å². The third kappa shape index (κ3) is 72.8. The molecule has 0 aromatic carbocycles. The number of aliphatic hydroxyl groups excluding tert-OH is 1. The molecule has 0 fully saturated rings. The molecular weight excluding hydrogens is 1290 g/mol. The Morgan fingerprint density at radius 2 is 0.515 bits per heavy atom. The van der Waals surface area contributed by atoms with Crippen LogP contribution in [0.3, 0.4) is 0 Å². The molecule has 0 aromatic rings. The average Bonchev–Trinajstić information content (AvgIpc) is 1.18. The van der Waals surface area contributed by atoms with Crippen molar-refractivity contribution in [1.82, 2.24) is 0 Å². The zero-order chi connectivity index (χ0) is 73.0. The molecule has 0 rings (SSSR count). The lowest BCUT2D eigenvalue weighted by Gasteiger charge is -2.21. The van der Waals surface area contributed by atoms with Gasteiger partial charge in [0.05, 0.1) is 26.4 Å². The quantitative estimate of drug-likeness (QED) is 0.0222. The number of unbranched alkanes of at least 4 members (excludes halogenated alkanes) is 45. The van der Waals surface area contributed by atoms with E-state index in [1.165, 1.54) is 225 Å². The first-order valence-electron chi connectivity index (χ1n) is 41.4. The second-order valence-corrected chi connectivity index (χ2v) is 32.9. The monoisotopic (exact) mass is 1450 g/mol. The molecule has 3 unspecified atom stereocenters. The van der Waals surface area contributed by atoms with Crippen LogP contribution in [-0.2, 0) is 65.4 Å². The first-order valence-corrected chi connectivity index (χ1v) is 44.4. The van der Waals surface area contributed by atoms with E-state index in [0.29, 0.717) is 25.7 Å². The summed E-state index contributed by atoms with van der Waals surface area (Å²) in [6.07, 6.45) is 58.2. The number of hydrogen-bond acceptors (Lipinski definition) is 15. The zero-order valence-electron chi connectivity index (χ0n) is 65.0. The number of esters is 4. The zero-order valence-corrected chi connectivity index (χ0v) is 66.8. The third-order valence-corrected chi connectivity index (χ3v) is 20.9. The van der Waals surface area contributed by atoms with Crippen LogP contribution in [0.2, 0.25) is 0 Å². The van der Waals surface area contributed by atoms with Gasteiger partial charge in [-0.25, -0.2) is 9.13 Å². The van der Waals surface area contributed by atoms with Crippen LogP contribution in [0, 0.1) is 17.8 Å². The van der Waals surface area contributed by atoms with E-state index in [4.69, 9.17) is 37.0 Å². The molecule has 0 saturated carbocycles. The number of rotatable bonds is 78. The lowest BCUT2D eigenvalue weighted by atomic mass is 9.99. The van der Waals surface area contributed by atoms with E-state index >= 15 is 0 Å². The van der Waals surface area contributed by atoms with Crippen molar-refractivity contribution in [2.24, 2.45) is 17.8 Å². The van der Waals surface area contributed by atoms with Gasteiger partial charge in [-0.1, -0.05) is 363 Å². The van der Waals surface area contributed by atoms with Crippen LogP contribution in [0.1, 0.15) is 414 Å². The molecule has 0 heterocycles. The van der Waals surface area contributed by atoms with Crippen LogP contribution in [-0.4, -0.2) is 96.7 Å². The molecule has 99 heavy (non-hydrogen) atoms. The lowest BCUT2D eigenvalue weighted by molar-refractivity contribution is -0.161. The van der Waals surface area contributed by atoms with E-state index < -0.39 is 97.5 Å². The van der Waals surface area contributed by atoms with Crippen molar-refractivity contribution in [1.29, 1.82) is 0 Å². The molecule has 6 atom stereocenters. The van der Waals surface area contributed by atoms with Crippen molar-refractivity contribution in [3.63, 3.8) is 0 Å². The molecule has 0 amide bonds. The summed E-state index contributed by atoms with van der Waals surface area (Å²) in [7, 11) is -9.92. The number of hydrogen-bond donors (Lipinski definition) is 3. The molecule has 0 saturated heterocycles. The Labute approximate surface area is 607 Å². The summed E-state index contributed by atoms with van der Waals surface area (Å²) in [5.74, 6) is 0.212. The van der Waals surface area contributed by atoms with Gasteiger partial charge in [0.25, 0.3) is 0 Å². The Morgan fingerprint density at radius 3 is 0.768 bits per heavy atom. The first-order chi connectivity index (χ1) is 47.8. The largest absolute Gasteiger partial charge is 0.472 e. The predicted octanol–water partition coefficient (Wildman–Crippen LogP) is 23.7. The Hall–Kier alpha value is -1.94. The minimum atomic E-state index is -4.96. The molecule has 0 radical (unpaired) electrons. The highest BCUT2D eigenvalue weighted by atomic mass is 31.2. The molecule has 19 heteroatoms. The average molecular weight is 1450 g/mol. The van der Waals surface area contributed by atoms with Crippen molar-refractivity contribution in [3.05, 3.63) is 0 Å². The van der Waals surface area contributed by atoms with Crippen LogP contribution in [0.4, 0.5) is 0 Å². The molecule has 0 aromatic heterocycles. The SMILES string of the molecule is CCCCCCCCCCCCCCCCCCCC(=O)OC[C@H](COP(=O)(O)OC[C@@H](O)COP(=O)(O)OC[C@@H](COC(=O)CCCCCCCCCCC(C)C)OC(=O)CCCCCCCCCCCCC(C)C)OC(=O)CCCCCCCCCCCCCCCCC(C)CC. The topological polar surface area (TPSA) is 237 Å². The third-order valence-electron chi connectivity index (χ3n) is 19.0. The maximum absolute atomic E-state index is 13.1. The van der Waals surface area contributed by atoms with E-state index in [1.54, 1.807) is 0 Å². The summed E-state index contributed by atoms with van der Waals surface area (Å²) in [4.78, 5) is 73.0. The van der Waals surface area contributed by atoms with E-state index in [0.717, 1.165) is 108 Å². The predicted molar refractivity (Wildman–Crippen MR) is 405 cm³/mol. The molecule has 0 aliphatic heterocycles. The van der Waals surface area contributed by atoms with Gasteiger partial charge in [0.2, 0.25) is 0 Å². The molecule has 0 bridgehead atoms. The van der Waals surface area contributed by atoms with E-state index in [-0.39, 0.29) is 25.7 Å². The fourth-order valence-corrected chi connectivity index (χ4v) is 13.9. The van der Waals surface area contributed by atoms with Crippen molar-refractivity contribution in [3.8, 4) is 0 Å². The Bertz CT molecular complexity index is 1920. The van der Waals surface area contributed by atoms with Gasteiger partial charge in [0, 0.05) is 25.7 Å². The number of carbonyl (C=O) groups excluding carboxylic acids is 4. The number of ether oxygens (including phenoxy) is 4. The highest BCUT2D eigenvalue weighted by Crippen LogP contribution is 2.45. The maximum atomic E-state index is 13.1. The summed E-state index contributed by atoms with van der Waals surface area (Å²) in [6, 6.07) is 0. The summed E-state index contributed by atoms with van der Waals surface area (Å²) in [5.41, 5.74) is 0. The molecule has 588 valence electrons. The van der Waals surface area contributed by atoms with Gasteiger partial charge in [-0.2, -0.15) is 0 Å². The van der Waals surface area contributed by atoms with Crippen LogP contribution in [0.15, 0.2) is 0 Å². The Balaban J connectivity index is 5.26. The summed E-state index contributed by atoms with van der Waals surface area (Å²) in [5, 5.41) is 10.6. The number of phosphoric acid groups is 2. The van der Waals surface area contributed by atoms with Crippen LogP contribution >= 0.6 is 15.6 Å². The fraction of sp³-hybridized carbons (Fsp3) is 0.950. The van der Waals surface area contributed by atoms with Gasteiger partial charge in [0.1, 0.15) is 19.3 Å². The van der Waals surface area contributed by atoms with E-state index in [2.05, 4.69) is 48.5 Å². The van der Waals surface area contributed by atoms with Crippen molar-refractivity contribution in [2.45, 2.75) is 433 Å². The van der Waals surface area contributed by atoms with Gasteiger partial charge in [-0.05, 0) is 43.4 Å². The summed E-state index contributed by atoms with van der Waals surface area (Å²) < 4.78 is 68.7. The molecule has 17 nitrogen and oxygen atoms in total. The van der Waals surface area contributed by atoms with Crippen LogP contribution < -0.4 is 0 Å². The number of carbonyl (C=O) groups is 4. The second kappa shape index (κ2) is 70.4. The van der Waals surface area contributed by atoms with E-state index in [9.17, 15) is 43.2 Å². The summed E-state index contributed by atoms with van der Waals surface area (Å²) >= 11 is 0. The number of aliphatic hydroxyl groups is 1. The fourth-order valence-electron chi connectivity index (χ4n) is 12.3. The molecule has 0 aliphatic carbocycles. The van der Waals surface area contributed by atoms with Gasteiger partial charge < -0.3 is 33.8 Å². The summed E-state index contributed by atoms with van der Waals surface area (Å²) in [6.45, 7) is 11.9. The van der Waals surface area contributed by atoms with Crippen LogP contribution in [0.5, 0.6) is 0 Å². The van der Waals surface area contributed by atoms with Gasteiger partial charge in [-0.3, -0.25) is 37.3 Å². The van der Waals surface area contributed by atoms with Gasteiger partial charge in [-0.15, -0.1) is 0 Å². The minimum absolute atomic E-state index is 0.105. The van der Waals surface area contributed by atoms with Gasteiger partial charge >= 0.3 is 39.5 Å². The second-order valence-electron chi connectivity index (χ2n) is 30.0. The minimum Gasteiger partial charge on any atom is -0.462 e. The Kier molecular flexibility index (Phi) is 69.0. The van der Waals surface area contributed by atoms with E-state index in [1.807, 2.05) is 0 Å². The highest BCUT2D eigenvalue weighted by molar-refractivity contribution is 7.47. The van der Waals surface area contributed by atoms with Crippen molar-refractivity contribution < 1.29 is 80.2 Å². The standard InChI is InChI=1S/C80H156O17P2/c1-8-10-11-12-13-14-15-16-17-18-19-23-26-32-40-47-54-61-77(82)90-67-75(96-79(84)63-56-49-42-33-27-24-21-20-22-25-31-39-46-53-60-73(7)9-2)69-94-98(86,87)92-65-74(81)66-93-99(88,89)95-70-76(68-91-78(83)62-55-48-41-36-35-38-45-52-59-72(5)6)97-80(85)64-57-50-43-34-29-28-30-37-44-51-58-71(3)4/h71-76,81H,8-70H2,1-7H3,(H,86,87)(H,88,89)/t73?,74-,75-,76-/m1/s1. The molecule has 0 aliphatic rings. The molecule has 3 N–H and O–H groups in total. The molecular formula is C80H156O17P2. The molecule has 0 spiro atoms. The highest BCUT2D eigenvalue weighted by Gasteiger charge is 2.30. The number of phosphoric ester groups is 2. The van der Waals surface area contributed by atoms with Gasteiger partial charge in [0.15, 0.2) is 12.2 Å². The maximum Gasteiger partial charge on any atom is 0.472 e. The van der Waals surface area contributed by atoms with Crippen molar-refractivity contribution in [2.75, 3.05) is 39.6 Å². The lowest BCUT2D eigenvalue weighted by Crippen LogP contribution is -2.30. The van der Waals surface area contributed by atoms with Crippen molar-refractivity contribution >= 4 is 39.5 Å². The first kappa shape index (κ1) is 97.1. The normalized spacial score (nSPS) is 14.3. The Morgan fingerprint density at radius 1 is 0.293 bits per heavy atom.